The van der Waals surface area contributed by atoms with E-state index < -0.39 is 0 Å². The molecule has 0 amide bonds. The van der Waals surface area contributed by atoms with E-state index in [0.717, 1.165) is 24.2 Å². The van der Waals surface area contributed by atoms with Crippen LogP contribution in [0.4, 0.5) is 0 Å². The average molecular weight is 549 g/mol. The maximum Gasteiger partial charge on any atom is 0.137 e. The fourth-order valence-corrected chi connectivity index (χ4v) is 7.14. The van der Waals surface area contributed by atoms with E-state index in [0.29, 0.717) is 0 Å². The van der Waals surface area contributed by atoms with Gasteiger partial charge in [0.2, 0.25) is 0 Å². The van der Waals surface area contributed by atoms with Gasteiger partial charge in [-0.05, 0) is 86.5 Å². The molecule has 0 unspecified atom stereocenters. The van der Waals surface area contributed by atoms with Gasteiger partial charge in [0.1, 0.15) is 5.82 Å². The third kappa shape index (κ3) is 3.77. The van der Waals surface area contributed by atoms with E-state index >= 15 is 0 Å². The number of pyridine rings is 1. The highest BCUT2D eigenvalue weighted by Crippen LogP contribution is 2.40. The summed E-state index contributed by atoms with van der Waals surface area (Å²) in [6, 6.07) is 48.2. The lowest BCUT2D eigenvalue weighted by atomic mass is 9.82. The van der Waals surface area contributed by atoms with Gasteiger partial charge in [-0.1, -0.05) is 115 Å². The van der Waals surface area contributed by atoms with Crippen molar-refractivity contribution in [2.24, 2.45) is 0 Å². The second kappa shape index (κ2) is 9.54. The highest BCUT2D eigenvalue weighted by atomic mass is 15.1. The van der Waals surface area contributed by atoms with Crippen LogP contribution >= 0.6 is 0 Å². The maximum atomic E-state index is 4.94. The number of hydrogen-bond acceptors (Lipinski definition) is 1. The fourth-order valence-electron chi connectivity index (χ4n) is 7.14. The number of hydrogen-bond donors (Lipinski definition) is 0. The Morgan fingerprint density at radius 3 is 1.63 bits per heavy atom. The maximum absolute atomic E-state index is 4.94. The molecule has 2 nitrogen and oxygen atoms in total. The van der Waals surface area contributed by atoms with Crippen LogP contribution < -0.4 is 0 Å². The van der Waals surface area contributed by atoms with Crippen LogP contribution in [0, 0.1) is 0 Å². The Balaban J connectivity index is 1.07. The first-order valence-electron chi connectivity index (χ1n) is 15.0. The molecule has 202 valence electrons. The van der Waals surface area contributed by atoms with Crippen LogP contribution in [0.5, 0.6) is 0 Å². The second-order valence-corrected chi connectivity index (χ2v) is 11.5. The molecule has 0 saturated heterocycles. The van der Waals surface area contributed by atoms with E-state index in [1.807, 2.05) is 6.20 Å². The van der Waals surface area contributed by atoms with Crippen LogP contribution in [0.3, 0.4) is 0 Å². The molecule has 1 aliphatic carbocycles. The van der Waals surface area contributed by atoms with Gasteiger partial charge in [0.15, 0.2) is 0 Å². The summed E-state index contributed by atoms with van der Waals surface area (Å²) in [7, 11) is 0. The van der Waals surface area contributed by atoms with Gasteiger partial charge in [0.05, 0.1) is 11.0 Å². The van der Waals surface area contributed by atoms with Crippen molar-refractivity contribution < 1.29 is 0 Å². The topological polar surface area (TPSA) is 17.8 Å². The summed E-state index contributed by atoms with van der Waals surface area (Å²) in [5, 5.41) is 7.93. The number of benzene rings is 6. The predicted octanol–water partition coefficient (Wildman–Crippen LogP) is 10.6. The van der Waals surface area contributed by atoms with Crippen LogP contribution in [0.15, 0.2) is 140 Å². The molecule has 6 aromatic carbocycles. The van der Waals surface area contributed by atoms with Gasteiger partial charge in [0.25, 0.3) is 0 Å². The minimum absolute atomic E-state index is 0.934. The number of para-hydroxylation sites is 2. The van der Waals surface area contributed by atoms with E-state index in [9.17, 15) is 0 Å². The van der Waals surface area contributed by atoms with Gasteiger partial charge in [-0.2, -0.15) is 0 Å². The highest BCUT2D eigenvalue weighted by molar-refractivity contribution is 6.14. The largest absolute Gasteiger partial charge is 0.294 e. The van der Waals surface area contributed by atoms with Gasteiger partial charge in [-0.15, -0.1) is 0 Å². The first-order valence-corrected chi connectivity index (χ1v) is 15.0. The van der Waals surface area contributed by atoms with E-state index in [-0.39, 0.29) is 0 Å². The summed E-state index contributed by atoms with van der Waals surface area (Å²) in [6.45, 7) is 0. The molecule has 0 aliphatic heterocycles. The molecule has 43 heavy (non-hydrogen) atoms. The Hall–Kier alpha value is -5.47. The third-order valence-corrected chi connectivity index (χ3v) is 9.19. The lowest BCUT2D eigenvalue weighted by Gasteiger charge is -2.22. The van der Waals surface area contributed by atoms with Crippen molar-refractivity contribution in [3.8, 4) is 16.9 Å². The van der Waals surface area contributed by atoms with Gasteiger partial charge >= 0.3 is 0 Å². The summed E-state index contributed by atoms with van der Waals surface area (Å²) in [4.78, 5) is 4.94. The quantitative estimate of drug-likeness (QED) is 0.201. The standard InChI is InChI=1S/C41H28N2/c1-2-11-33-31(9-1)32-10-3-4-12-34(32)38-25-29(21-23-35(33)38)27-17-19-28(20-18-27)30-22-24-41(42-26-30)43-39-15-7-5-13-36(39)37-14-6-8-16-40(37)43/h1-20,22,24-26H,21,23H2. The molecule has 0 radical (unpaired) electrons. The molecule has 8 aromatic rings. The normalized spacial score (nSPS) is 13.1. The lowest BCUT2D eigenvalue weighted by molar-refractivity contribution is 1.02. The lowest BCUT2D eigenvalue weighted by Crippen LogP contribution is -2.01. The third-order valence-electron chi connectivity index (χ3n) is 9.19. The Kier molecular flexibility index (Phi) is 5.36. The zero-order chi connectivity index (χ0) is 28.3. The molecule has 0 bridgehead atoms. The van der Waals surface area contributed by atoms with Gasteiger partial charge in [0, 0.05) is 22.5 Å². The first-order chi connectivity index (χ1) is 21.3. The SMILES string of the molecule is C1=C(c2ccc(-c3ccc(-n4c5ccccc5c5ccccc54)nc3)cc2)CCc2c1c1ccccc1c1ccccc21. The Morgan fingerprint density at radius 1 is 0.442 bits per heavy atom. The average Bonchev–Trinajstić information content (AvgIpc) is 3.43. The molecule has 0 fully saturated rings. The van der Waals surface area contributed by atoms with Crippen molar-refractivity contribution in [1.29, 1.82) is 0 Å². The van der Waals surface area contributed by atoms with Crippen molar-refractivity contribution in [3.05, 3.63) is 156 Å². The molecule has 1 aliphatic rings. The summed E-state index contributed by atoms with van der Waals surface area (Å²) >= 11 is 0. The molecule has 9 rings (SSSR count). The molecule has 0 N–H and O–H groups in total. The Labute approximate surface area is 250 Å². The minimum atomic E-state index is 0.934. The number of aromatic nitrogens is 2. The van der Waals surface area contributed by atoms with Crippen LogP contribution in [0.2, 0.25) is 0 Å². The summed E-state index contributed by atoms with van der Waals surface area (Å²) in [5.74, 6) is 0.934. The Morgan fingerprint density at radius 2 is 0.977 bits per heavy atom. The van der Waals surface area contributed by atoms with Crippen molar-refractivity contribution in [1.82, 2.24) is 9.55 Å². The van der Waals surface area contributed by atoms with Crippen molar-refractivity contribution in [3.63, 3.8) is 0 Å². The number of aryl methyl sites for hydroxylation is 1. The second-order valence-electron chi connectivity index (χ2n) is 11.5. The van der Waals surface area contributed by atoms with Crippen LogP contribution in [0.1, 0.15) is 23.1 Å². The molecule has 2 aromatic heterocycles. The zero-order valence-electron chi connectivity index (χ0n) is 23.7. The predicted molar refractivity (Wildman–Crippen MR) is 182 cm³/mol. The van der Waals surface area contributed by atoms with Crippen molar-refractivity contribution >= 4 is 55.0 Å². The molecule has 0 spiro atoms. The number of nitrogens with zero attached hydrogens (tertiary/aromatic N) is 2. The molecule has 2 heteroatoms. The van der Waals surface area contributed by atoms with Gasteiger partial charge < -0.3 is 0 Å². The van der Waals surface area contributed by atoms with Crippen LogP contribution in [-0.2, 0) is 6.42 Å². The van der Waals surface area contributed by atoms with E-state index in [2.05, 4.69) is 144 Å². The van der Waals surface area contributed by atoms with E-state index in [1.54, 1.807) is 0 Å². The van der Waals surface area contributed by atoms with Crippen molar-refractivity contribution in [2.45, 2.75) is 12.8 Å². The summed E-state index contributed by atoms with van der Waals surface area (Å²) in [5.41, 5.74) is 10.2. The highest BCUT2D eigenvalue weighted by Gasteiger charge is 2.18. The molecular formula is C41H28N2. The van der Waals surface area contributed by atoms with Crippen molar-refractivity contribution in [2.75, 3.05) is 0 Å². The summed E-state index contributed by atoms with van der Waals surface area (Å²) < 4.78 is 2.26. The molecular weight excluding hydrogens is 520 g/mol. The number of fused-ring (bicyclic) bond motifs is 9. The fraction of sp³-hybridized carbons (Fsp3) is 0.0488. The van der Waals surface area contributed by atoms with Crippen LogP contribution in [0.25, 0.3) is 71.9 Å². The molecule has 0 saturated carbocycles. The Bertz CT molecular complexity index is 2320. The monoisotopic (exact) mass is 548 g/mol. The van der Waals surface area contributed by atoms with Gasteiger partial charge in [-0.3, -0.25) is 4.57 Å². The van der Waals surface area contributed by atoms with Gasteiger partial charge in [-0.25, -0.2) is 4.98 Å². The zero-order valence-corrected chi connectivity index (χ0v) is 23.7. The first kappa shape index (κ1) is 24.2. The van der Waals surface area contributed by atoms with E-state index in [4.69, 9.17) is 4.98 Å². The number of allylic oxidation sites excluding steroid dienone is 1. The van der Waals surface area contributed by atoms with Crippen LogP contribution in [-0.4, -0.2) is 9.55 Å². The smallest absolute Gasteiger partial charge is 0.137 e. The number of rotatable bonds is 3. The van der Waals surface area contributed by atoms with E-state index in [1.165, 1.54) is 71.2 Å². The minimum Gasteiger partial charge on any atom is -0.294 e. The summed E-state index contributed by atoms with van der Waals surface area (Å²) in [6.07, 6.45) is 6.54. The molecule has 0 atom stereocenters. The molecule has 2 heterocycles.